The van der Waals surface area contributed by atoms with Crippen LogP contribution in [0.4, 0.5) is 5.69 Å². The summed E-state index contributed by atoms with van der Waals surface area (Å²) in [6.45, 7) is 2.93. The summed E-state index contributed by atoms with van der Waals surface area (Å²) in [4.78, 5) is 16.3. The molecule has 0 atom stereocenters. The normalized spacial score (nSPS) is 10.2. The summed E-state index contributed by atoms with van der Waals surface area (Å²) in [7, 11) is 0. The topological polar surface area (TPSA) is 101 Å². The summed E-state index contributed by atoms with van der Waals surface area (Å²) in [6, 6.07) is 21.3. The van der Waals surface area contributed by atoms with Crippen LogP contribution in [-0.4, -0.2) is 29.9 Å². The molecule has 0 amide bonds. The number of nitrogens with one attached hydrogen (secondary N) is 1. The first-order valence-corrected chi connectivity index (χ1v) is 9.82. The van der Waals surface area contributed by atoms with Gasteiger partial charge in [0.05, 0.1) is 0 Å². The Balaban J connectivity index is 0.000000806. The third kappa shape index (κ3) is 4.44. The molecule has 0 fully saturated rings. The van der Waals surface area contributed by atoms with Crippen molar-refractivity contribution in [3.05, 3.63) is 83.3 Å². The number of nitrogens with zero attached hydrogens (tertiary/aromatic N) is 2. The molecular weight excluding hydrogens is 402 g/mol. The molecule has 2 N–H and O–H groups in total. The Labute approximate surface area is 176 Å². The monoisotopic (exact) mass is 421 g/mol. The lowest BCUT2D eigenvalue weighted by Gasteiger charge is -2.11. The van der Waals surface area contributed by atoms with Crippen molar-refractivity contribution < 1.29 is 13.6 Å². The first kappa shape index (κ1) is 20.9. The minimum Gasteiger partial charge on any atom is -0.423 e. The van der Waals surface area contributed by atoms with Crippen LogP contribution >= 0.6 is 0 Å². The Morgan fingerprint density at radius 1 is 0.967 bits per heavy atom. The summed E-state index contributed by atoms with van der Waals surface area (Å²) in [5.74, 6) is 0. The zero-order chi connectivity index (χ0) is 21.5. The van der Waals surface area contributed by atoms with Crippen LogP contribution in [-0.2, 0) is 11.6 Å². The van der Waals surface area contributed by atoms with Crippen molar-refractivity contribution in [3.8, 4) is 22.3 Å². The Morgan fingerprint density at radius 3 is 2.37 bits per heavy atom. The molecule has 0 spiro atoms. The lowest BCUT2D eigenvalue weighted by molar-refractivity contribution is 0.187. The highest BCUT2D eigenvalue weighted by Gasteiger charge is 2.11. The van der Waals surface area contributed by atoms with Gasteiger partial charge in [0.2, 0.25) is 0 Å². The van der Waals surface area contributed by atoms with E-state index in [1.807, 2.05) is 42.5 Å². The average molecular weight is 421 g/mol. The first-order valence-electron chi connectivity index (χ1n) is 9.15. The van der Waals surface area contributed by atoms with E-state index < -0.39 is 17.1 Å². The molecule has 2 aromatic heterocycles. The molecule has 0 saturated heterocycles. The number of benzene rings is 2. The van der Waals surface area contributed by atoms with Crippen LogP contribution in [0.25, 0.3) is 33.3 Å². The molecule has 7 nitrogen and oxygen atoms in total. The smallest absolute Gasteiger partial charge is 0.335 e. The zero-order valence-corrected chi connectivity index (χ0v) is 16.9. The maximum absolute atomic E-state index is 12.2. The van der Waals surface area contributed by atoms with E-state index in [-0.39, 0.29) is 5.65 Å². The van der Waals surface area contributed by atoms with Crippen molar-refractivity contribution in [1.29, 1.82) is 0 Å². The van der Waals surface area contributed by atoms with Crippen molar-refractivity contribution in [2.75, 3.05) is 11.9 Å². The van der Waals surface area contributed by atoms with Gasteiger partial charge in [-0.3, -0.25) is 4.79 Å². The van der Waals surface area contributed by atoms with E-state index in [1.165, 1.54) is 6.07 Å². The fourth-order valence-electron chi connectivity index (χ4n) is 3.26. The second-order valence-electron chi connectivity index (χ2n) is 6.34. The third-order valence-electron chi connectivity index (χ3n) is 4.50. The predicted molar refractivity (Wildman–Crippen MR) is 117 cm³/mol. The van der Waals surface area contributed by atoms with Gasteiger partial charge in [0.15, 0.2) is 5.65 Å². The van der Waals surface area contributed by atoms with Gasteiger partial charge >= 0.3 is 11.6 Å². The zero-order valence-electron chi connectivity index (χ0n) is 16.1. The lowest BCUT2D eigenvalue weighted by Crippen LogP contribution is -2.18. The van der Waals surface area contributed by atoms with Gasteiger partial charge in [-0.25, -0.2) is 4.98 Å². The molecule has 4 aromatic rings. The molecule has 0 aliphatic rings. The molecule has 30 heavy (non-hydrogen) atoms. The van der Waals surface area contributed by atoms with Gasteiger partial charge in [0.1, 0.15) is 0 Å². The van der Waals surface area contributed by atoms with E-state index in [2.05, 4.69) is 29.4 Å². The van der Waals surface area contributed by atoms with Crippen molar-refractivity contribution in [1.82, 2.24) is 9.71 Å². The summed E-state index contributed by atoms with van der Waals surface area (Å²) in [6.07, 6.45) is 1.56. The molecule has 0 radical (unpaired) electrons. The van der Waals surface area contributed by atoms with Crippen LogP contribution in [0.2, 0.25) is 0 Å². The SMILES string of the molecule is CCNc1cccc(-c2cccc(-c3cc(=O)n(O)c4ncccc34)c2)c1.O=S=O. The van der Waals surface area contributed by atoms with E-state index in [0.29, 0.717) is 4.73 Å². The van der Waals surface area contributed by atoms with E-state index in [1.54, 1.807) is 12.3 Å². The minimum atomic E-state index is -0.750. The van der Waals surface area contributed by atoms with Crippen LogP contribution in [0.15, 0.2) is 77.7 Å². The number of pyridine rings is 2. The highest BCUT2D eigenvalue weighted by molar-refractivity contribution is 7.51. The second kappa shape index (κ2) is 9.62. The van der Waals surface area contributed by atoms with Crippen LogP contribution in [0, 0.1) is 0 Å². The number of aromatic nitrogens is 2. The quantitative estimate of drug-likeness (QED) is 0.487. The van der Waals surface area contributed by atoms with Crippen LogP contribution in [0.1, 0.15) is 6.92 Å². The molecule has 152 valence electrons. The van der Waals surface area contributed by atoms with E-state index in [0.717, 1.165) is 39.9 Å². The van der Waals surface area contributed by atoms with E-state index in [4.69, 9.17) is 8.42 Å². The van der Waals surface area contributed by atoms with Gasteiger partial charge < -0.3 is 10.5 Å². The Morgan fingerprint density at radius 2 is 1.63 bits per heavy atom. The highest BCUT2D eigenvalue weighted by atomic mass is 32.1. The Hall–Kier alpha value is -3.78. The minimum absolute atomic E-state index is 0.250. The van der Waals surface area contributed by atoms with E-state index in [9.17, 15) is 10.0 Å². The lowest BCUT2D eigenvalue weighted by atomic mass is 9.97. The molecule has 2 heterocycles. The molecule has 0 aliphatic carbocycles. The van der Waals surface area contributed by atoms with Crippen molar-refractivity contribution in [3.63, 3.8) is 0 Å². The molecule has 8 heteroatoms. The summed E-state index contributed by atoms with van der Waals surface area (Å²) in [5, 5.41) is 14.0. The van der Waals surface area contributed by atoms with Crippen molar-refractivity contribution >= 4 is 28.3 Å². The van der Waals surface area contributed by atoms with Gasteiger partial charge in [0.25, 0.3) is 5.56 Å². The predicted octanol–water partition coefficient (Wildman–Crippen LogP) is 3.73. The molecule has 0 saturated carbocycles. The van der Waals surface area contributed by atoms with Crippen LogP contribution in [0.5, 0.6) is 0 Å². The molecule has 0 aliphatic heterocycles. The summed E-state index contributed by atoms with van der Waals surface area (Å²) < 4.78 is 17.2. The van der Waals surface area contributed by atoms with Gasteiger partial charge in [-0.15, -0.1) is 4.73 Å². The third-order valence-corrected chi connectivity index (χ3v) is 4.50. The Kier molecular flexibility index (Phi) is 6.71. The maximum Gasteiger partial charge on any atom is 0.335 e. The highest BCUT2D eigenvalue weighted by Crippen LogP contribution is 2.30. The van der Waals surface area contributed by atoms with Crippen LogP contribution in [0.3, 0.4) is 0 Å². The standard InChI is InChI=1S/C22H19N3O2.O2S/c1-2-23-18-9-4-7-16(13-18)15-6-3-8-17(12-15)20-14-21(26)25(27)22-19(20)10-5-11-24-22;1-3-2/h3-14,23,27H,2H2,1H3;. The summed E-state index contributed by atoms with van der Waals surface area (Å²) in [5.41, 5.74) is 4.61. The molecule has 4 rings (SSSR count). The fourth-order valence-corrected chi connectivity index (χ4v) is 3.26. The first-order chi connectivity index (χ1) is 14.6. The number of fused-ring (bicyclic) bond motifs is 1. The van der Waals surface area contributed by atoms with E-state index >= 15 is 0 Å². The maximum atomic E-state index is 12.2. The Bertz CT molecular complexity index is 1280. The number of hydrogen-bond donors (Lipinski definition) is 2. The second-order valence-corrected chi connectivity index (χ2v) is 6.48. The van der Waals surface area contributed by atoms with Crippen molar-refractivity contribution in [2.45, 2.75) is 6.92 Å². The van der Waals surface area contributed by atoms with Gasteiger partial charge in [-0.05, 0) is 59.5 Å². The van der Waals surface area contributed by atoms with Crippen LogP contribution < -0.4 is 10.9 Å². The summed E-state index contributed by atoms with van der Waals surface area (Å²) >= 11 is -0.750. The molecule has 0 bridgehead atoms. The van der Waals surface area contributed by atoms with Gasteiger partial charge in [-0.2, -0.15) is 8.42 Å². The van der Waals surface area contributed by atoms with Gasteiger partial charge in [0, 0.05) is 29.9 Å². The average Bonchev–Trinajstić information content (AvgIpc) is 2.77. The number of rotatable bonds is 4. The molecule has 2 aromatic carbocycles. The van der Waals surface area contributed by atoms with Gasteiger partial charge in [-0.1, -0.05) is 30.3 Å². The number of hydrogen-bond acceptors (Lipinski definition) is 6. The largest absolute Gasteiger partial charge is 0.423 e. The number of anilines is 1. The molecular formula is C22H19N3O4S. The molecule has 0 unspecified atom stereocenters. The fraction of sp³-hybridized carbons (Fsp3) is 0.0909. The van der Waals surface area contributed by atoms with Crippen molar-refractivity contribution in [2.24, 2.45) is 0 Å².